The minimum Gasteiger partial charge on any atom is -0.494 e. The van der Waals surface area contributed by atoms with Crippen LogP contribution in [-0.2, 0) is 4.79 Å². The number of rotatable bonds is 6. The van der Waals surface area contributed by atoms with E-state index in [0.29, 0.717) is 12.3 Å². The lowest BCUT2D eigenvalue weighted by molar-refractivity contribution is -0.112. The van der Waals surface area contributed by atoms with Crippen molar-refractivity contribution in [3.8, 4) is 17.5 Å². The van der Waals surface area contributed by atoms with Gasteiger partial charge in [0.2, 0.25) is 0 Å². The van der Waals surface area contributed by atoms with Gasteiger partial charge in [-0.2, -0.15) is 5.26 Å². The average molecular weight is 464 g/mol. The molecule has 1 N–H and O–H groups in total. The second kappa shape index (κ2) is 9.47. The van der Waals surface area contributed by atoms with Gasteiger partial charge in [-0.3, -0.25) is 4.79 Å². The molecule has 0 bridgehead atoms. The molecule has 1 amide bonds. The van der Waals surface area contributed by atoms with Gasteiger partial charge in [-0.25, -0.2) is 0 Å². The number of nitrogens with zero attached hydrogens (tertiary/aromatic N) is 2. The molecular weight excluding hydrogens is 442 g/mol. The molecule has 1 heterocycles. The van der Waals surface area contributed by atoms with Crippen LogP contribution in [0.25, 0.3) is 11.8 Å². The number of carbonyl (C=O) groups excluding carboxylic acids is 1. The number of benzene rings is 2. The van der Waals surface area contributed by atoms with E-state index < -0.39 is 5.91 Å². The van der Waals surface area contributed by atoms with Crippen LogP contribution in [0.5, 0.6) is 5.75 Å². The molecule has 0 aliphatic carbocycles. The molecule has 2 aromatic carbocycles. The number of nitriles is 1. The summed E-state index contributed by atoms with van der Waals surface area (Å²) < 4.78 is 8.46. The second-order valence-electron chi connectivity index (χ2n) is 6.69. The monoisotopic (exact) mass is 463 g/mol. The number of hydrogen-bond acceptors (Lipinski definition) is 3. The van der Waals surface area contributed by atoms with Crippen LogP contribution in [0.1, 0.15) is 23.9 Å². The highest BCUT2D eigenvalue weighted by atomic mass is 79.9. The third-order valence-electron chi connectivity index (χ3n) is 4.65. The first-order valence-electron chi connectivity index (χ1n) is 9.54. The maximum absolute atomic E-state index is 12.6. The van der Waals surface area contributed by atoms with Crippen molar-refractivity contribution in [1.29, 1.82) is 5.26 Å². The molecule has 30 heavy (non-hydrogen) atoms. The lowest BCUT2D eigenvalue weighted by atomic mass is 10.1. The average Bonchev–Trinajstić information content (AvgIpc) is 3.01. The fourth-order valence-corrected chi connectivity index (χ4v) is 3.70. The lowest BCUT2D eigenvalue weighted by Gasteiger charge is -2.11. The Kier molecular flexibility index (Phi) is 6.76. The maximum atomic E-state index is 12.6. The summed E-state index contributed by atoms with van der Waals surface area (Å²) in [6.45, 7) is 6.45. The number of ether oxygens (including phenoxy) is 1. The summed E-state index contributed by atoms with van der Waals surface area (Å²) in [6, 6.07) is 19.0. The molecular formula is C24H22BrN3O2. The van der Waals surface area contributed by atoms with E-state index >= 15 is 0 Å². The molecule has 152 valence electrons. The van der Waals surface area contributed by atoms with Gasteiger partial charge < -0.3 is 14.6 Å². The molecule has 0 aliphatic heterocycles. The minimum atomic E-state index is -0.452. The zero-order valence-electron chi connectivity index (χ0n) is 17.1. The number of para-hydroxylation sites is 1. The summed E-state index contributed by atoms with van der Waals surface area (Å²) in [5.41, 5.74) is 4.42. The Morgan fingerprint density at radius 1 is 1.20 bits per heavy atom. The summed E-state index contributed by atoms with van der Waals surface area (Å²) in [5, 5.41) is 12.3. The predicted octanol–water partition coefficient (Wildman–Crippen LogP) is 5.80. The molecule has 5 nitrogen and oxygen atoms in total. The molecule has 0 saturated carbocycles. The number of aryl methyl sites for hydroxylation is 1. The number of carbonyl (C=O) groups is 1. The fourth-order valence-electron chi connectivity index (χ4n) is 3.24. The molecule has 0 saturated heterocycles. The van der Waals surface area contributed by atoms with Crippen molar-refractivity contribution in [1.82, 2.24) is 4.57 Å². The van der Waals surface area contributed by atoms with Crippen molar-refractivity contribution in [3.63, 3.8) is 0 Å². The van der Waals surface area contributed by atoms with E-state index in [2.05, 4.69) is 25.8 Å². The Morgan fingerprint density at radius 3 is 2.53 bits per heavy atom. The van der Waals surface area contributed by atoms with Crippen LogP contribution < -0.4 is 10.1 Å². The zero-order valence-corrected chi connectivity index (χ0v) is 18.7. The zero-order chi connectivity index (χ0) is 21.7. The molecule has 0 unspecified atom stereocenters. The van der Waals surface area contributed by atoms with Crippen LogP contribution in [0.2, 0.25) is 0 Å². The van der Waals surface area contributed by atoms with E-state index in [1.54, 1.807) is 30.3 Å². The van der Waals surface area contributed by atoms with E-state index in [1.165, 1.54) is 0 Å². The van der Waals surface area contributed by atoms with Crippen LogP contribution in [0.3, 0.4) is 0 Å². The fraction of sp³-hybridized carbons (Fsp3) is 0.167. The van der Waals surface area contributed by atoms with Crippen LogP contribution in [0, 0.1) is 25.2 Å². The number of amides is 1. The quantitative estimate of drug-likeness (QED) is 0.370. The number of hydrogen-bond donors (Lipinski definition) is 1. The van der Waals surface area contributed by atoms with E-state index in [9.17, 15) is 10.1 Å². The van der Waals surface area contributed by atoms with E-state index in [-0.39, 0.29) is 5.57 Å². The molecule has 0 aliphatic rings. The van der Waals surface area contributed by atoms with E-state index in [0.717, 1.165) is 32.9 Å². The third kappa shape index (κ3) is 4.64. The van der Waals surface area contributed by atoms with Crippen molar-refractivity contribution < 1.29 is 9.53 Å². The summed E-state index contributed by atoms with van der Waals surface area (Å²) in [7, 11) is 0. The molecule has 1 aromatic heterocycles. The van der Waals surface area contributed by atoms with Crippen LogP contribution >= 0.6 is 15.9 Å². The molecule has 0 fully saturated rings. The summed E-state index contributed by atoms with van der Waals surface area (Å²) in [4.78, 5) is 12.6. The number of anilines is 1. The van der Waals surface area contributed by atoms with Gasteiger partial charge in [0, 0.05) is 21.5 Å². The summed E-state index contributed by atoms with van der Waals surface area (Å²) in [5.74, 6) is 0.276. The van der Waals surface area contributed by atoms with E-state index in [1.807, 2.05) is 57.2 Å². The van der Waals surface area contributed by atoms with Gasteiger partial charge in [0.1, 0.15) is 17.4 Å². The minimum absolute atomic E-state index is 0.0382. The Bertz CT molecular complexity index is 1140. The predicted molar refractivity (Wildman–Crippen MR) is 123 cm³/mol. The number of aromatic nitrogens is 1. The first-order chi connectivity index (χ1) is 14.4. The first-order valence-corrected chi connectivity index (χ1v) is 10.3. The normalized spacial score (nSPS) is 11.1. The van der Waals surface area contributed by atoms with Gasteiger partial charge in [0.05, 0.1) is 12.3 Å². The van der Waals surface area contributed by atoms with Crippen molar-refractivity contribution >= 4 is 33.6 Å². The van der Waals surface area contributed by atoms with Gasteiger partial charge in [0.15, 0.2) is 0 Å². The van der Waals surface area contributed by atoms with Crippen molar-refractivity contribution in [2.24, 2.45) is 0 Å². The van der Waals surface area contributed by atoms with E-state index in [4.69, 9.17) is 4.74 Å². The van der Waals surface area contributed by atoms with Gasteiger partial charge in [-0.05, 0) is 90.8 Å². The highest BCUT2D eigenvalue weighted by Crippen LogP contribution is 2.28. The highest BCUT2D eigenvalue weighted by molar-refractivity contribution is 9.10. The molecule has 0 radical (unpaired) electrons. The van der Waals surface area contributed by atoms with Crippen molar-refractivity contribution in [2.75, 3.05) is 11.9 Å². The van der Waals surface area contributed by atoms with Gasteiger partial charge in [-0.15, -0.1) is 0 Å². The molecule has 0 atom stereocenters. The smallest absolute Gasteiger partial charge is 0.266 e. The first kappa shape index (κ1) is 21.4. The topological polar surface area (TPSA) is 67.0 Å². The van der Waals surface area contributed by atoms with Gasteiger partial charge in [0.25, 0.3) is 5.91 Å². The van der Waals surface area contributed by atoms with Crippen LogP contribution in [0.4, 0.5) is 5.69 Å². The highest BCUT2D eigenvalue weighted by Gasteiger charge is 2.15. The maximum Gasteiger partial charge on any atom is 0.266 e. The second-order valence-corrected chi connectivity index (χ2v) is 7.55. The Labute approximate surface area is 184 Å². The van der Waals surface area contributed by atoms with Crippen LogP contribution in [0.15, 0.2) is 64.6 Å². The summed E-state index contributed by atoms with van der Waals surface area (Å²) >= 11 is 3.59. The van der Waals surface area contributed by atoms with Crippen molar-refractivity contribution in [2.45, 2.75) is 20.8 Å². The Morgan fingerprint density at radius 2 is 1.90 bits per heavy atom. The number of halogens is 1. The standard InChI is InChI=1S/C24H22BrN3O2/c1-4-30-21-11-9-20(10-12-21)27-24(29)19(15-26)14-18-13-16(2)28(17(18)3)23-8-6-5-7-22(23)25/h5-14H,4H2,1-3H3,(H,27,29)/b19-14-. The molecule has 0 spiro atoms. The molecule has 6 heteroatoms. The van der Waals surface area contributed by atoms with Gasteiger partial charge >= 0.3 is 0 Å². The molecule has 3 aromatic rings. The van der Waals surface area contributed by atoms with Crippen LogP contribution in [-0.4, -0.2) is 17.1 Å². The largest absolute Gasteiger partial charge is 0.494 e. The Hall–Kier alpha value is -3.30. The van der Waals surface area contributed by atoms with Crippen molar-refractivity contribution in [3.05, 3.63) is 81.6 Å². The SMILES string of the molecule is CCOc1ccc(NC(=O)/C(C#N)=C\c2cc(C)n(-c3ccccc3Br)c2C)cc1. The lowest BCUT2D eigenvalue weighted by Crippen LogP contribution is -2.13. The molecule has 3 rings (SSSR count). The summed E-state index contributed by atoms with van der Waals surface area (Å²) in [6.07, 6.45) is 1.62. The number of nitrogens with one attached hydrogen (secondary N) is 1. The van der Waals surface area contributed by atoms with Gasteiger partial charge in [-0.1, -0.05) is 12.1 Å². The third-order valence-corrected chi connectivity index (χ3v) is 5.32. The Balaban J connectivity index is 1.87.